The molecule has 0 aliphatic rings. The molecule has 0 saturated heterocycles. The SMILES string of the molecule is CN(C)c1ccc(I)c([N+](=O)[O-])c1. The van der Waals surface area contributed by atoms with Gasteiger partial charge < -0.3 is 4.90 Å². The van der Waals surface area contributed by atoms with Crippen molar-refractivity contribution in [1.82, 2.24) is 0 Å². The molecule has 1 aromatic carbocycles. The van der Waals surface area contributed by atoms with Gasteiger partial charge in [-0.05, 0) is 34.7 Å². The van der Waals surface area contributed by atoms with E-state index >= 15 is 0 Å². The first-order valence-corrected chi connectivity index (χ1v) is 4.71. The number of anilines is 1. The van der Waals surface area contributed by atoms with Crippen LogP contribution in [0.2, 0.25) is 0 Å². The van der Waals surface area contributed by atoms with Crippen LogP contribution >= 0.6 is 22.6 Å². The van der Waals surface area contributed by atoms with E-state index in [4.69, 9.17) is 0 Å². The molecule has 1 rings (SSSR count). The highest BCUT2D eigenvalue weighted by atomic mass is 127. The lowest BCUT2D eigenvalue weighted by molar-refractivity contribution is -0.385. The predicted octanol–water partition coefficient (Wildman–Crippen LogP) is 2.27. The minimum Gasteiger partial charge on any atom is -0.377 e. The summed E-state index contributed by atoms with van der Waals surface area (Å²) in [5.74, 6) is 0. The molecule has 0 heterocycles. The van der Waals surface area contributed by atoms with E-state index in [-0.39, 0.29) is 10.6 Å². The summed E-state index contributed by atoms with van der Waals surface area (Å²) in [6.07, 6.45) is 0. The van der Waals surface area contributed by atoms with Gasteiger partial charge in [0.05, 0.1) is 8.49 Å². The van der Waals surface area contributed by atoms with Crippen molar-refractivity contribution in [2.75, 3.05) is 19.0 Å². The summed E-state index contributed by atoms with van der Waals surface area (Å²) in [4.78, 5) is 12.0. The molecule has 0 unspecified atom stereocenters. The third kappa shape index (κ3) is 2.30. The Balaban J connectivity index is 3.19. The van der Waals surface area contributed by atoms with Crippen molar-refractivity contribution < 1.29 is 4.92 Å². The normalized spacial score (nSPS) is 9.77. The summed E-state index contributed by atoms with van der Waals surface area (Å²) < 4.78 is 0.660. The average molecular weight is 292 g/mol. The highest BCUT2D eigenvalue weighted by Crippen LogP contribution is 2.25. The van der Waals surface area contributed by atoms with Gasteiger partial charge in [0.15, 0.2) is 0 Å². The molecule has 0 amide bonds. The van der Waals surface area contributed by atoms with Crippen LogP contribution in [0.1, 0.15) is 0 Å². The lowest BCUT2D eigenvalue weighted by Crippen LogP contribution is -2.09. The number of halogens is 1. The van der Waals surface area contributed by atoms with Gasteiger partial charge in [-0.1, -0.05) is 0 Å². The minimum absolute atomic E-state index is 0.159. The van der Waals surface area contributed by atoms with Crippen molar-refractivity contribution in [3.8, 4) is 0 Å². The van der Waals surface area contributed by atoms with E-state index < -0.39 is 0 Å². The van der Waals surface area contributed by atoms with Gasteiger partial charge in [-0.25, -0.2) is 0 Å². The van der Waals surface area contributed by atoms with Crippen LogP contribution in [-0.4, -0.2) is 19.0 Å². The zero-order chi connectivity index (χ0) is 10.0. The van der Waals surface area contributed by atoms with Crippen LogP contribution in [0.15, 0.2) is 18.2 Å². The molecule has 0 saturated carbocycles. The molecule has 4 nitrogen and oxygen atoms in total. The van der Waals surface area contributed by atoms with Crippen molar-refractivity contribution >= 4 is 34.0 Å². The Labute approximate surface area is 89.8 Å². The molecule has 0 fully saturated rings. The van der Waals surface area contributed by atoms with Crippen LogP contribution in [-0.2, 0) is 0 Å². The highest BCUT2D eigenvalue weighted by Gasteiger charge is 2.12. The summed E-state index contributed by atoms with van der Waals surface area (Å²) >= 11 is 1.96. The van der Waals surface area contributed by atoms with Crippen molar-refractivity contribution in [2.45, 2.75) is 0 Å². The first-order valence-electron chi connectivity index (χ1n) is 3.63. The fourth-order valence-electron chi connectivity index (χ4n) is 0.919. The van der Waals surface area contributed by atoms with Crippen molar-refractivity contribution in [1.29, 1.82) is 0 Å². The summed E-state index contributed by atoms with van der Waals surface area (Å²) in [5.41, 5.74) is 0.999. The van der Waals surface area contributed by atoms with E-state index in [0.717, 1.165) is 5.69 Å². The number of hydrogen-bond acceptors (Lipinski definition) is 3. The van der Waals surface area contributed by atoms with Crippen molar-refractivity contribution in [2.24, 2.45) is 0 Å². The maximum atomic E-state index is 10.6. The summed E-state index contributed by atoms with van der Waals surface area (Å²) in [6.45, 7) is 0. The number of nitrogens with zero attached hydrogens (tertiary/aromatic N) is 2. The molecule has 0 radical (unpaired) electrons. The van der Waals surface area contributed by atoms with Gasteiger partial charge in [0.2, 0.25) is 0 Å². The summed E-state index contributed by atoms with van der Waals surface area (Å²) in [6, 6.07) is 5.17. The molecule has 0 aromatic heterocycles. The molecule has 0 N–H and O–H groups in total. The maximum Gasteiger partial charge on any atom is 0.284 e. The van der Waals surface area contributed by atoms with Gasteiger partial charge in [0.1, 0.15) is 0 Å². The second-order valence-corrected chi connectivity index (χ2v) is 3.95. The standard InChI is InChI=1S/C8H9IN2O2/c1-10(2)6-3-4-7(9)8(5-6)11(12)13/h3-5H,1-2H3. The monoisotopic (exact) mass is 292 g/mol. The molecule has 70 valence electrons. The Hall–Kier alpha value is -0.850. The van der Waals surface area contributed by atoms with Crippen molar-refractivity contribution in [3.05, 3.63) is 31.9 Å². The zero-order valence-corrected chi connectivity index (χ0v) is 9.48. The maximum absolute atomic E-state index is 10.6. The second kappa shape index (κ2) is 3.91. The van der Waals surface area contributed by atoms with Gasteiger partial charge in [0, 0.05) is 25.8 Å². The van der Waals surface area contributed by atoms with E-state index in [1.54, 1.807) is 12.1 Å². The molecule has 5 heteroatoms. The van der Waals surface area contributed by atoms with Crippen LogP contribution in [0.4, 0.5) is 11.4 Å². The quantitative estimate of drug-likeness (QED) is 0.477. The predicted molar refractivity (Wildman–Crippen MR) is 60.1 cm³/mol. The van der Waals surface area contributed by atoms with E-state index in [1.807, 2.05) is 47.7 Å². The Bertz CT molecular complexity index is 339. The van der Waals surface area contributed by atoms with Gasteiger partial charge >= 0.3 is 0 Å². The largest absolute Gasteiger partial charge is 0.377 e. The van der Waals surface area contributed by atoms with Gasteiger partial charge in [-0.3, -0.25) is 10.1 Å². The lowest BCUT2D eigenvalue weighted by atomic mass is 10.3. The molecule has 0 aliphatic heterocycles. The Morgan fingerprint density at radius 3 is 2.54 bits per heavy atom. The van der Waals surface area contributed by atoms with Crippen LogP contribution in [0.5, 0.6) is 0 Å². The van der Waals surface area contributed by atoms with Gasteiger partial charge in [0.25, 0.3) is 5.69 Å². The van der Waals surface area contributed by atoms with Crippen LogP contribution in [0.25, 0.3) is 0 Å². The zero-order valence-electron chi connectivity index (χ0n) is 7.32. The van der Waals surface area contributed by atoms with Crippen LogP contribution in [0.3, 0.4) is 0 Å². The molecule has 13 heavy (non-hydrogen) atoms. The molecule has 0 aliphatic carbocycles. The van der Waals surface area contributed by atoms with E-state index in [9.17, 15) is 10.1 Å². The van der Waals surface area contributed by atoms with E-state index in [2.05, 4.69) is 0 Å². The van der Waals surface area contributed by atoms with E-state index in [1.165, 1.54) is 0 Å². The molecule has 0 spiro atoms. The Morgan fingerprint density at radius 2 is 2.08 bits per heavy atom. The number of rotatable bonds is 2. The number of nitro benzene ring substituents is 1. The molecule has 0 bridgehead atoms. The third-order valence-corrected chi connectivity index (χ3v) is 2.56. The molecular weight excluding hydrogens is 283 g/mol. The first kappa shape index (κ1) is 10.2. The average Bonchev–Trinajstić information content (AvgIpc) is 2.04. The number of benzene rings is 1. The van der Waals surface area contributed by atoms with Crippen LogP contribution < -0.4 is 4.90 Å². The minimum atomic E-state index is -0.366. The van der Waals surface area contributed by atoms with Crippen molar-refractivity contribution in [3.63, 3.8) is 0 Å². The third-order valence-electron chi connectivity index (χ3n) is 1.64. The fourth-order valence-corrected chi connectivity index (χ4v) is 1.45. The summed E-state index contributed by atoms with van der Waals surface area (Å²) in [7, 11) is 3.71. The molecule has 0 atom stereocenters. The lowest BCUT2D eigenvalue weighted by Gasteiger charge is -2.11. The smallest absolute Gasteiger partial charge is 0.284 e. The van der Waals surface area contributed by atoms with Crippen LogP contribution in [0, 0.1) is 13.7 Å². The van der Waals surface area contributed by atoms with E-state index in [0.29, 0.717) is 3.57 Å². The Morgan fingerprint density at radius 1 is 1.46 bits per heavy atom. The molecule has 1 aromatic rings. The first-order chi connectivity index (χ1) is 6.02. The topological polar surface area (TPSA) is 46.4 Å². The molecular formula is C8H9IN2O2. The summed E-state index contributed by atoms with van der Waals surface area (Å²) in [5, 5.41) is 10.6. The van der Waals surface area contributed by atoms with Gasteiger partial charge in [-0.15, -0.1) is 0 Å². The number of nitro groups is 1. The van der Waals surface area contributed by atoms with Gasteiger partial charge in [-0.2, -0.15) is 0 Å². The second-order valence-electron chi connectivity index (χ2n) is 2.79. The number of hydrogen-bond donors (Lipinski definition) is 0. The Kier molecular flexibility index (Phi) is 3.07. The fraction of sp³-hybridized carbons (Fsp3) is 0.250. The highest BCUT2D eigenvalue weighted by molar-refractivity contribution is 14.1.